The van der Waals surface area contributed by atoms with E-state index in [-0.39, 0.29) is 24.0 Å². The van der Waals surface area contributed by atoms with E-state index in [9.17, 15) is 18.7 Å². The summed E-state index contributed by atoms with van der Waals surface area (Å²) in [7, 11) is 0. The lowest BCUT2D eigenvalue weighted by atomic mass is 9.84. The minimum atomic E-state index is -0.916. The van der Waals surface area contributed by atoms with Crippen LogP contribution in [0.3, 0.4) is 0 Å². The third-order valence-electron chi connectivity index (χ3n) is 6.14. The normalized spacial score (nSPS) is 17.9. The van der Waals surface area contributed by atoms with Crippen molar-refractivity contribution < 1.29 is 23.2 Å². The highest BCUT2D eigenvalue weighted by molar-refractivity contribution is 5.72. The number of anilines is 1. The number of halogens is 2. The van der Waals surface area contributed by atoms with Gasteiger partial charge in [0.05, 0.1) is 24.4 Å². The molecule has 4 aromatic rings. The van der Waals surface area contributed by atoms with Gasteiger partial charge in [-0.1, -0.05) is 36.2 Å². The third-order valence-corrected chi connectivity index (χ3v) is 6.14. The third kappa shape index (κ3) is 4.75. The highest BCUT2D eigenvalue weighted by Gasteiger charge is 2.31. The molecule has 0 unspecified atom stereocenters. The summed E-state index contributed by atoms with van der Waals surface area (Å²) in [6.45, 7) is 0.115. The lowest BCUT2D eigenvalue weighted by Crippen LogP contribution is -2.37. The van der Waals surface area contributed by atoms with Gasteiger partial charge in [-0.05, 0) is 25.0 Å². The summed E-state index contributed by atoms with van der Waals surface area (Å²) in [5, 5.41) is 21.0. The van der Waals surface area contributed by atoms with Crippen molar-refractivity contribution in [2.75, 3.05) is 5.32 Å². The number of aromatic nitrogens is 5. The number of hydrogen-bond acceptors (Lipinski definition) is 7. The van der Waals surface area contributed by atoms with Crippen molar-refractivity contribution in [3.63, 3.8) is 0 Å². The molecule has 0 aliphatic heterocycles. The Morgan fingerprint density at radius 1 is 1.14 bits per heavy atom. The van der Waals surface area contributed by atoms with Gasteiger partial charge in [0.1, 0.15) is 23.5 Å². The Kier molecular flexibility index (Phi) is 6.21. The van der Waals surface area contributed by atoms with Crippen molar-refractivity contribution in [1.82, 2.24) is 24.9 Å². The molecule has 1 aliphatic rings. The molecule has 2 atom stereocenters. The summed E-state index contributed by atoms with van der Waals surface area (Å²) in [6, 6.07) is 9.23. The maximum absolute atomic E-state index is 14.6. The number of carboxylic acid groups (broad SMARTS) is 1. The summed E-state index contributed by atoms with van der Waals surface area (Å²) >= 11 is 0. The number of nitrogens with one attached hydrogen (secondary N) is 1. The second kappa shape index (κ2) is 9.61. The summed E-state index contributed by atoms with van der Waals surface area (Å²) in [4.78, 5) is 20.0. The molecule has 0 saturated heterocycles. The van der Waals surface area contributed by atoms with E-state index in [4.69, 9.17) is 4.52 Å². The zero-order valence-corrected chi connectivity index (χ0v) is 18.6. The SMILES string of the molecule is O=C(O)[C@H]1CCCC[C@H]1Nc1nc(-c2cc(-c3ccon3)n(Cc3ccccc3F)n2)ncc1F. The number of aliphatic carboxylic acids is 1. The molecule has 3 heterocycles. The zero-order chi connectivity index (χ0) is 24.4. The fourth-order valence-corrected chi connectivity index (χ4v) is 4.35. The van der Waals surface area contributed by atoms with Crippen LogP contribution < -0.4 is 5.32 Å². The fourth-order valence-electron chi connectivity index (χ4n) is 4.35. The molecule has 1 aliphatic carbocycles. The molecule has 0 spiro atoms. The van der Waals surface area contributed by atoms with Gasteiger partial charge in [0.25, 0.3) is 0 Å². The second-order valence-corrected chi connectivity index (χ2v) is 8.42. The van der Waals surface area contributed by atoms with E-state index in [0.717, 1.165) is 19.0 Å². The first-order valence-electron chi connectivity index (χ1n) is 11.2. The minimum Gasteiger partial charge on any atom is -0.481 e. The highest BCUT2D eigenvalue weighted by Crippen LogP contribution is 2.29. The van der Waals surface area contributed by atoms with Crippen LogP contribution in [-0.4, -0.2) is 42.0 Å². The van der Waals surface area contributed by atoms with Gasteiger partial charge < -0.3 is 14.9 Å². The topological polar surface area (TPSA) is 119 Å². The Morgan fingerprint density at radius 2 is 1.97 bits per heavy atom. The molecule has 11 heteroatoms. The molecule has 180 valence electrons. The number of carboxylic acids is 1. The Bertz CT molecular complexity index is 1340. The smallest absolute Gasteiger partial charge is 0.308 e. The Morgan fingerprint density at radius 3 is 2.74 bits per heavy atom. The highest BCUT2D eigenvalue weighted by atomic mass is 19.1. The first kappa shape index (κ1) is 22.6. The second-order valence-electron chi connectivity index (χ2n) is 8.42. The first-order chi connectivity index (χ1) is 17.0. The van der Waals surface area contributed by atoms with Gasteiger partial charge in [0.2, 0.25) is 0 Å². The maximum Gasteiger partial charge on any atom is 0.308 e. The van der Waals surface area contributed by atoms with Crippen molar-refractivity contribution in [3.8, 4) is 22.9 Å². The van der Waals surface area contributed by atoms with Crippen LogP contribution in [0.15, 0.2) is 53.4 Å². The van der Waals surface area contributed by atoms with Gasteiger partial charge in [-0.25, -0.2) is 18.7 Å². The average Bonchev–Trinajstić information content (AvgIpc) is 3.52. The number of hydrogen-bond donors (Lipinski definition) is 2. The average molecular weight is 480 g/mol. The largest absolute Gasteiger partial charge is 0.481 e. The standard InChI is InChI=1S/C24H22F2N6O3/c25-16-7-3-1-5-14(16)13-32-21(19-9-10-35-31-19)11-20(30-32)23-27-12-17(26)22(29-23)28-18-8-4-2-6-15(18)24(33)34/h1,3,5,7,9-12,15,18H,2,4,6,8,13H2,(H,33,34)(H,27,28,29)/t15-,18+/m0/s1. The van der Waals surface area contributed by atoms with Crippen molar-refractivity contribution in [3.05, 3.63) is 66.1 Å². The van der Waals surface area contributed by atoms with E-state index in [1.807, 2.05) is 0 Å². The first-order valence-corrected chi connectivity index (χ1v) is 11.2. The van der Waals surface area contributed by atoms with Crippen LogP contribution in [0, 0.1) is 17.6 Å². The molecule has 0 amide bonds. The molecule has 9 nitrogen and oxygen atoms in total. The van der Waals surface area contributed by atoms with Crippen molar-refractivity contribution in [2.45, 2.75) is 38.3 Å². The maximum atomic E-state index is 14.6. The van der Waals surface area contributed by atoms with E-state index in [1.54, 1.807) is 35.0 Å². The quantitative estimate of drug-likeness (QED) is 0.400. The summed E-state index contributed by atoms with van der Waals surface area (Å²) in [5.41, 5.74) is 1.76. The molecule has 0 bridgehead atoms. The van der Waals surface area contributed by atoms with Crippen LogP contribution in [0.25, 0.3) is 22.9 Å². The van der Waals surface area contributed by atoms with Crippen LogP contribution in [0.5, 0.6) is 0 Å². The number of benzene rings is 1. The van der Waals surface area contributed by atoms with Crippen LogP contribution in [-0.2, 0) is 11.3 Å². The zero-order valence-electron chi connectivity index (χ0n) is 18.6. The van der Waals surface area contributed by atoms with Crippen LogP contribution >= 0.6 is 0 Å². The molecule has 3 aromatic heterocycles. The lowest BCUT2D eigenvalue weighted by Gasteiger charge is -2.29. The molecule has 5 rings (SSSR count). The molecule has 35 heavy (non-hydrogen) atoms. The molecule has 2 N–H and O–H groups in total. The van der Waals surface area contributed by atoms with Gasteiger partial charge in [-0.15, -0.1) is 0 Å². The van der Waals surface area contributed by atoms with Gasteiger partial charge in [-0.2, -0.15) is 5.10 Å². The van der Waals surface area contributed by atoms with E-state index in [2.05, 4.69) is 25.5 Å². The van der Waals surface area contributed by atoms with Crippen LogP contribution in [0.1, 0.15) is 31.2 Å². The Balaban J connectivity index is 1.49. The molecular weight excluding hydrogens is 458 g/mol. The van der Waals surface area contributed by atoms with Crippen molar-refractivity contribution in [2.24, 2.45) is 5.92 Å². The minimum absolute atomic E-state index is 0.0835. The lowest BCUT2D eigenvalue weighted by molar-refractivity contribution is -0.143. The van der Waals surface area contributed by atoms with E-state index in [0.29, 0.717) is 35.5 Å². The Hall–Kier alpha value is -4.15. The number of carbonyl (C=O) groups is 1. The van der Waals surface area contributed by atoms with E-state index < -0.39 is 23.7 Å². The van der Waals surface area contributed by atoms with Gasteiger partial charge in [0, 0.05) is 17.7 Å². The summed E-state index contributed by atoms with van der Waals surface area (Å²) in [5.74, 6) is -2.55. The number of nitrogens with zero attached hydrogens (tertiary/aromatic N) is 5. The summed E-state index contributed by atoms with van der Waals surface area (Å²) in [6.07, 6.45) is 5.22. The number of rotatable bonds is 7. The predicted molar refractivity (Wildman–Crippen MR) is 121 cm³/mol. The fraction of sp³-hybridized carbons (Fsp3) is 0.292. The van der Waals surface area contributed by atoms with E-state index >= 15 is 0 Å². The van der Waals surface area contributed by atoms with Crippen LogP contribution in [0.2, 0.25) is 0 Å². The molecule has 1 saturated carbocycles. The van der Waals surface area contributed by atoms with Gasteiger partial charge >= 0.3 is 5.97 Å². The molecule has 1 fully saturated rings. The molecule has 0 radical (unpaired) electrons. The van der Waals surface area contributed by atoms with E-state index in [1.165, 1.54) is 12.3 Å². The van der Waals surface area contributed by atoms with Crippen molar-refractivity contribution >= 4 is 11.8 Å². The molecule has 1 aromatic carbocycles. The molecular formula is C24H22F2N6O3. The monoisotopic (exact) mass is 480 g/mol. The van der Waals surface area contributed by atoms with Gasteiger partial charge in [-0.3, -0.25) is 9.48 Å². The Labute approximate surface area is 198 Å². The predicted octanol–water partition coefficient (Wildman–Crippen LogP) is 4.38. The van der Waals surface area contributed by atoms with Crippen LogP contribution in [0.4, 0.5) is 14.6 Å². The van der Waals surface area contributed by atoms with Crippen molar-refractivity contribution in [1.29, 1.82) is 0 Å². The van der Waals surface area contributed by atoms with Gasteiger partial charge in [0.15, 0.2) is 17.5 Å². The summed E-state index contributed by atoms with van der Waals surface area (Å²) < 4.78 is 35.4.